The van der Waals surface area contributed by atoms with Crippen LogP contribution in [0.5, 0.6) is 0 Å². The number of aryl methyl sites for hydroxylation is 1. The van der Waals surface area contributed by atoms with E-state index in [0.29, 0.717) is 12.1 Å². The number of aromatic nitrogens is 1. The first-order valence-electron chi connectivity index (χ1n) is 8.82. The van der Waals surface area contributed by atoms with Crippen molar-refractivity contribution in [1.82, 2.24) is 9.88 Å². The summed E-state index contributed by atoms with van der Waals surface area (Å²) in [6, 6.07) is 3.27. The highest BCUT2D eigenvalue weighted by atomic mass is 16.1. The molecule has 120 valence electrons. The Morgan fingerprint density at radius 1 is 1.14 bits per heavy atom. The second-order valence-electron chi connectivity index (χ2n) is 6.96. The minimum Gasteiger partial charge on any atom is -0.350 e. The number of hydrogen-bond acceptors (Lipinski definition) is 1. The lowest BCUT2D eigenvalue weighted by Crippen LogP contribution is -2.33. The number of rotatable bonds is 4. The SMILES string of the molecule is Cc1cc(/C=C/C(=O)NC2CCCCCC2)c(C)n1C1CC1. The van der Waals surface area contributed by atoms with E-state index in [9.17, 15) is 4.79 Å². The van der Waals surface area contributed by atoms with Crippen molar-refractivity contribution in [1.29, 1.82) is 0 Å². The van der Waals surface area contributed by atoms with Crippen LogP contribution in [0, 0.1) is 13.8 Å². The molecule has 2 aliphatic rings. The Kier molecular flexibility index (Phi) is 4.70. The normalized spacial score (nSPS) is 20.3. The maximum absolute atomic E-state index is 12.1. The molecule has 0 bridgehead atoms. The molecule has 1 aromatic heterocycles. The highest BCUT2D eigenvalue weighted by Gasteiger charge is 2.26. The van der Waals surface area contributed by atoms with E-state index in [2.05, 4.69) is 29.8 Å². The monoisotopic (exact) mass is 300 g/mol. The first-order valence-corrected chi connectivity index (χ1v) is 8.82. The first kappa shape index (κ1) is 15.4. The van der Waals surface area contributed by atoms with Gasteiger partial charge in [-0.1, -0.05) is 25.7 Å². The third kappa shape index (κ3) is 3.63. The van der Waals surface area contributed by atoms with E-state index in [1.165, 1.54) is 55.5 Å². The molecule has 1 N–H and O–H groups in total. The largest absolute Gasteiger partial charge is 0.350 e. The van der Waals surface area contributed by atoms with E-state index in [1.54, 1.807) is 6.08 Å². The molecule has 1 amide bonds. The van der Waals surface area contributed by atoms with E-state index in [4.69, 9.17) is 0 Å². The molecule has 2 saturated carbocycles. The topological polar surface area (TPSA) is 34.0 Å². The van der Waals surface area contributed by atoms with Gasteiger partial charge in [0.2, 0.25) is 5.91 Å². The van der Waals surface area contributed by atoms with Gasteiger partial charge in [0.25, 0.3) is 0 Å². The Labute approximate surface area is 133 Å². The Balaban J connectivity index is 1.61. The maximum Gasteiger partial charge on any atom is 0.244 e. The molecule has 0 saturated heterocycles. The molecule has 0 radical (unpaired) electrons. The summed E-state index contributed by atoms with van der Waals surface area (Å²) in [5.41, 5.74) is 3.78. The predicted molar refractivity (Wildman–Crippen MR) is 90.8 cm³/mol. The van der Waals surface area contributed by atoms with Crippen molar-refractivity contribution in [2.24, 2.45) is 0 Å². The number of hydrogen-bond donors (Lipinski definition) is 1. The summed E-state index contributed by atoms with van der Waals surface area (Å²) in [5, 5.41) is 3.17. The molecule has 0 spiro atoms. The number of amides is 1. The molecular weight excluding hydrogens is 272 g/mol. The number of carbonyl (C=O) groups is 1. The summed E-state index contributed by atoms with van der Waals surface area (Å²) < 4.78 is 2.42. The van der Waals surface area contributed by atoms with Crippen LogP contribution in [-0.2, 0) is 4.79 Å². The lowest BCUT2D eigenvalue weighted by atomic mass is 10.1. The van der Waals surface area contributed by atoms with Crippen LogP contribution in [-0.4, -0.2) is 16.5 Å². The summed E-state index contributed by atoms with van der Waals surface area (Å²) in [4.78, 5) is 12.1. The van der Waals surface area contributed by atoms with Crippen molar-refractivity contribution in [3.63, 3.8) is 0 Å². The third-order valence-corrected chi connectivity index (χ3v) is 5.05. The molecule has 3 nitrogen and oxygen atoms in total. The fourth-order valence-corrected chi connectivity index (χ4v) is 3.70. The third-order valence-electron chi connectivity index (χ3n) is 5.05. The van der Waals surface area contributed by atoms with Gasteiger partial charge in [0.05, 0.1) is 0 Å². The minimum atomic E-state index is 0.0584. The molecule has 0 atom stereocenters. The van der Waals surface area contributed by atoms with Gasteiger partial charge in [-0.3, -0.25) is 4.79 Å². The van der Waals surface area contributed by atoms with Crippen LogP contribution >= 0.6 is 0 Å². The molecule has 3 heteroatoms. The van der Waals surface area contributed by atoms with Gasteiger partial charge < -0.3 is 9.88 Å². The second kappa shape index (κ2) is 6.72. The van der Waals surface area contributed by atoms with E-state index in [0.717, 1.165) is 12.8 Å². The van der Waals surface area contributed by atoms with E-state index in [1.807, 2.05) is 6.08 Å². The Bertz CT molecular complexity index is 558. The quantitative estimate of drug-likeness (QED) is 0.653. The average Bonchev–Trinajstić information content (AvgIpc) is 3.28. The van der Waals surface area contributed by atoms with Gasteiger partial charge in [0, 0.05) is 29.5 Å². The molecule has 1 aromatic rings. The van der Waals surface area contributed by atoms with Gasteiger partial charge in [-0.25, -0.2) is 0 Å². The Hall–Kier alpha value is -1.51. The van der Waals surface area contributed by atoms with Crippen molar-refractivity contribution in [2.75, 3.05) is 0 Å². The highest BCUT2D eigenvalue weighted by molar-refractivity contribution is 5.92. The van der Waals surface area contributed by atoms with Crippen LogP contribution in [0.1, 0.15) is 74.4 Å². The number of nitrogens with one attached hydrogen (secondary N) is 1. The zero-order valence-electron chi connectivity index (χ0n) is 13.9. The Morgan fingerprint density at radius 3 is 2.45 bits per heavy atom. The van der Waals surface area contributed by atoms with Gasteiger partial charge in [-0.15, -0.1) is 0 Å². The summed E-state index contributed by atoms with van der Waals surface area (Å²) in [6.07, 6.45) is 13.7. The van der Waals surface area contributed by atoms with E-state index in [-0.39, 0.29) is 5.91 Å². The molecule has 2 fully saturated rings. The molecule has 0 unspecified atom stereocenters. The standard InChI is InChI=1S/C19H28N2O/c1-14-13-16(15(2)21(14)18-10-11-18)9-12-19(22)20-17-7-5-3-4-6-8-17/h9,12-13,17-18H,3-8,10-11H2,1-2H3,(H,20,22)/b12-9+. The van der Waals surface area contributed by atoms with Crippen LogP contribution < -0.4 is 5.32 Å². The van der Waals surface area contributed by atoms with Gasteiger partial charge >= 0.3 is 0 Å². The second-order valence-corrected chi connectivity index (χ2v) is 6.96. The summed E-state index contributed by atoms with van der Waals surface area (Å²) in [6.45, 7) is 4.32. The van der Waals surface area contributed by atoms with Crippen molar-refractivity contribution in [3.8, 4) is 0 Å². The lowest BCUT2D eigenvalue weighted by molar-refractivity contribution is -0.117. The fraction of sp³-hybridized carbons (Fsp3) is 0.632. The molecule has 2 aliphatic carbocycles. The van der Waals surface area contributed by atoms with Gasteiger partial charge in [-0.2, -0.15) is 0 Å². The molecule has 1 heterocycles. The predicted octanol–water partition coefficient (Wildman–Crippen LogP) is 4.29. The van der Waals surface area contributed by atoms with E-state index >= 15 is 0 Å². The Morgan fingerprint density at radius 2 is 1.82 bits per heavy atom. The van der Waals surface area contributed by atoms with Gasteiger partial charge in [-0.05, 0) is 57.2 Å². The van der Waals surface area contributed by atoms with Crippen LogP contribution in [0.4, 0.5) is 0 Å². The van der Waals surface area contributed by atoms with Crippen molar-refractivity contribution in [2.45, 2.75) is 77.3 Å². The number of carbonyl (C=O) groups excluding carboxylic acids is 1. The zero-order chi connectivity index (χ0) is 15.5. The zero-order valence-corrected chi connectivity index (χ0v) is 13.9. The van der Waals surface area contributed by atoms with Gasteiger partial charge in [0.1, 0.15) is 0 Å². The average molecular weight is 300 g/mol. The highest BCUT2D eigenvalue weighted by Crippen LogP contribution is 2.38. The fourth-order valence-electron chi connectivity index (χ4n) is 3.70. The molecule has 0 aliphatic heterocycles. The van der Waals surface area contributed by atoms with Crippen LogP contribution in [0.3, 0.4) is 0 Å². The maximum atomic E-state index is 12.1. The molecular formula is C19H28N2O. The van der Waals surface area contributed by atoms with Crippen molar-refractivity contribution in [3.05, 3.63) is 29.1 Å². The van der Waals surface area contributed by atoms with Crippen LogP contribution in [0.2, 0.25) is 0 Å². The van der Waals surface area contributed by atoms with Gasteiger partial charge in [0.15, 0.2) is 0 Å². The molecule has 0 aromatic carbocycles. The summed E-state index contributed by atoms with van der Waals surface area (Å²) >= 11 is 0. The minimum absolute atomic E-state index is 0.0584. The van der Waals surface area contributed by atoms with Crippen LogP contribution in [0.25, 0.3) is 6.08 Å². The first-order chi connectivity index (χ1) is 10.6. The van der Waals surface area contributed by atoms with Crippen molar-refractivity contribution >= 4 is 12.0 Å². The molecule has 3 rings (SSSR count). The van der Waals surface area contributed by atoms with Crippen molar-refractivity contribution < 1.29 is 4.79 Å². The van der Waals surface area contributed by atoms with E-state index < -0.39 is 0 Å². The number of nitrogens with zero attached hydrogens (tertiary/aromatic N) is 1. The summed E-state index contributed by atoms with van der Waals surface area (Å²) in [7, 11) is 0. The lowest BCUT2D eigenvalue weighted by Gasteiger charge is -2.14. The molecule has 22 heavy (non-hydrogen) atoms. The summed E-state index contributed by atoms with van der Waals surface area (Å²) in [5.74, 6) is 0.0584. The van der Waals surface area contributed by atoms with Crippen LogP contribution in [0.15, 0.2) is 12.1 Å². The smallest absolute Gasteiger partial charge is 0.244 e.